The van der Waals surface area contributed by atoms with E-state index in [1.807, 2.05) is 67.0 Å². The zero-order valence-corrected chi connectivity index (χ0v) is 29.6. The second-order valence-corrected chi connectivity index (χ2v) is 12.1. The van der Waals surface area contributed by atoms with Crippen molar-refractivity contribution in [2.24, 2.45) is 0 Å². The fraction of sp³-hybridized carbons (Fsp3) is 0.133. The summed E-state index contributed by atoms with van der Waals surface area (Å²) in [4.78, 5) is 13.5. The summed E-state index contributed by atoms with van der Waals surface area (Å²) >= 11 is 0. The van der Waals surface area contributed by atoms with Crippen LogP contribution in [-0.4, -0.2) is 15.0 Å². The Bertz CT molecular complexity index is 1770. The van der Waals surface area contributed by atoms with Crippen LogP contribution >= 0.6 is 0 Å². The van der Waals surface area contributed by atoms with Crippen molar-refractivity contribution in [2.75, 3.05) is 0 Å². The van der Waals surface area contributed by atoms with Crippen LogP contribution in [0.5, 0.6) is 0 Å². The van der Waals surface area contributed by atoms with Gasteiger partial charge in [0.25, 0.3) is 0 Å². The van der Waals surface area contributed by atoms with Gasteiger partial charge in [0.1, 0.15) is 0 Å². The van der Waals surface area contributed by atoms with Gasteiger partial charge in [-0.1, -0.05) is 48.9 Å². The SMILES string of the molecule is [Ir].[c-]1cnccc1-c1[c-]cc(CCc2cc(CCc3ccc(-c4[c-]cccc4)nc3)cc(CCc3ccc(-c4[c-]cccc4)nc3)c2)cc1. The Kier molecular flexibility index (Phi) is 11.7. The number of nitrogens with zero attached hydrogens (tertiary/aromatic N) is 3. The second kappa shape index (κ2) is 16.9. The maximum absolute atomic E-state index is 4.73. The molecule has 0 unspecified atom stereocenters. The number of benzene rings is 4. The summed E-state index contributed by atoms with van der Waals surface area (Å²) in [5, 5.41) is 0. The molecule has 4 aromatic carbocycles. The quantitative estimate of drug-likeness (QED) is 0.116. The minimum absolute atomic E-state index is 0. The molecular formula is C45H35IrN3-4. The van der Waals surface area contributed by atoms with Crippen molar-refractivity contribution in [1.82, 2.24) is 15.0 Å². The third-order valence-electron chi connectivity index (χ3n) is 8.63. The number of aryl methyl sites for hydroxylation is 6. The van der Waals surface area contributed by atoms with Gasteiger partial charge in [-0.3, -0.25) is 16.1 Å². The predicted molar refractivity (Wildman–Crippen MR) is 193 cm³/mol. The molecule has 0 aliphatic carbocycles. The molecule has 0 saturated carbocycles. The van der Waals surface area contributed by atoms with E-state index in [-0.39, 0.29) is 20.1 Å². The Morgan fingerprint density at radius 2 is 0.939 bits per heavy atom. The standard InChI is InChI=1S/C45H35N3.Ir/c1-3-7-42(8-4-1)44-23-19-35(32-47-44)12-15-38-29-37(14-11-34-17-21-40(22-18-34)41-25-27-46-28-26-41)30-39(31-38)16-13-36-20-24-45(48-33-36)43-9-5-2-6-10-43;/h1-7,9,17-21,23-25,27-33H,11-16H2;/q-4;. The Morgan fingerprint density at radius 1 is 0.429 bits per heavy atom. The van der Waals surface area contributed by atoms with Gasteiger partial charge < -0.3 is 9.97 Å². The van der Waals surface area contributed by atoms with Crippen molar-refractivity contribution in [2.45, 2.75) is 38.5 Å². The van der Waals surface area contributed by atoms with Gasteiger partial charge in [-0.05, 0) is 83.7 Å². The van der Waals surface area contributed by atoms with Gasteiger partial charge in [-0.25, -0.2) is 12.1 Å². The van der Waals surface area contributed by atoms with Gasteiger partial charge in [0.2, 0.25) is 0 Å². The van der Waals surface area contributed by atoms with E-state index in [4.69, 9.17) is 9.97 Å². The van der Waals surface area contributed by atoms with Crippen LogP contribution in [0.2, 0.25) is 0 Å². The molecule has 0 N–H and O–H groups in total. The number of aromatic nitrogens is 3. The van der Waals surface area contributed by atoms with Crippen molar-refractivity contribution < 1.29 is 20.1 Å². The summed E-state index contributed by atoms with van der Waals surface area (Å²) in [6, 6.07) is 53.3. The molecule has 3 aromatic heterocycles. The Morgan fingerprint density at radius 3 is 1.37 bits per heavy atom. The van der Waals surface area contributed by atoms with Crippen molar-refractivity contribution in [3.8, 4) is 33.6 Å². The molecule has 0 saturated heterocycles. The van der Waals surface area contributed by atoms with Crippen molar-refractivity contribution in [3.05, 3.63) is 198 Å². The number of rotatable bonds is 12. The van der Waals surface area contributed by atoms with Crippen LogP contribution in [0.4, 0.5) is 0 Å². The molecule has 0 atom stereocenters. The smallest absolute Gasteiger partial charge is 0.0192 e. The van der Waals surface area contributed by atoms with Crippen molar-refractivity contribution >= 4 is 0 Å². The zero-order valence-electron chi connectivity index (χ0n) is 27.2. The first-order valence-electron chi connectivity index (χ1n) is 16.5. The summed E-state index contributed by atoms with van der Waals surface area (Å²) in [7, 11) is 0. The molecule has 49 heavy (non-hydrogen) atoms. The summed E-state index contributed by atoms with van der Waals surface area (Å²) in [6.07, 6.45) is 13.3. The molecular weight excluding hydrogens is 775 g/mol. The van der Waals surface area contributed by atoms with Crippen LogP contribution in [0.15, 0.2) is 140 Å². The zero-order chi connectivity index (χ0) is 32.4. The van der Waals surface area contributed by atoms with Gasteiger partial charge in [0, 0.05) is 32.5 Å². The van der Waals surface area contributed by atoms with Crippen LogP contribution in [0, 0.1) is 24.3 Å². The normalized spacial score (nSPS) is 10.8. The Labute approximate surface area is 303 Å². The maximum atomic E-state index is 4.73. The van der Waals surface area contributed by atoms with E-state index in [9.17, 15) is 0 Å². The van der Waals surface area contributed by atoms with Crippen molar-refractivity contribution in [3.63, 3.8) is 0 Å². The van der Waals surface area contributed by atoms with Gasteiger partial charge >= 0.3 is 0 Å². The van der Waals surface area contributed by atoms with E-state index < -0.39 is 0 Å². The van der Waals surface area contributed by atoms with Crippen LogP contribution in [0.3, 0.4) is 0 Å². The van der Waals surface area contributed by atoms with E-state index >= 15 is 0 Å². The molecule has 0 amide bonds. The monoisotopic (exact) mass is 810 g/mol. The molecule has 0 spiro atoms. The Hall–Kier alpha value is -5.02. The molecule has 1 radical (unpaired) electrons. The fourth-order valence-corrected chi connectivity index (χ4v) is 5.97. The first kappa shape index (κ1) is 33.9. The maximum Gasteiger partial charge on any atom is 0.0192 e. The molecule has 4 heteroatoms. The summed E-state index contributed by atoms with van der Waals surface area (Å²) in [5.41, 5.74) is 13.9. The van der Waals surface area contributed by atoms with E-state index in [0.29, 0.717) is 0 Å². The van der Waals surface area contributed by atoms with Gasteiger partial charge in [0.15, 0.2) is 0 Å². The minimum Gasteiger partial charge on any atom is -0.304 e. The molecule has 0 fully saturated rings. The third kappa shape index (κ3) is 9.32. The van der Waals surface area contributed by atoms with Gasteiger partial charge in [-0.2, -0.15) is 24.3 Å². The molecule has 7 rings (SSSR count). The number of hydrogen-bond donors (Lipinski definition) is 0. The summed E-state index contributed by atoms with van der Waals surface area (Å²) in [6.45, 7) is 0. The topological polar surface area (TPSA) is 38.7 Å². The summed E-state index contributed by atoms with van der Waals surface area (Å²) < 4.78 is 0. The fourth-order valence-electron chi connectivity index (χ4n) is 5.97. The first-order valence-corrected chi connectivity index (χ1v) is 16.5. The van der Waals surface area contributed by atoms with Crippen LogP contribution in [-0.2, 0) is 58.6 Å². The van der Waals surface area contributed by atoms with Crippen LogP contribution in [0.1, 0.15) is 33.4 Å². The summed E-state index contributed by atoms with van der Waals surface area (Å²) in [5.74, 6) is 0. The van der Waals surface area contributed by atoms with Crippen LogP contribution in [0.25, 0.3) is 33.6 Å². The molecule has 3 heterocycles. The van der Waals surface area contributed by atoms with E-state index in [1.54, 1.807) is 12.4 Å². The predicted octanol–water partition coefficient (Wildman–Crippen LogP) is 9.43. The average Bonchev–Trinajstić information content (AvgIpc) is 3.17. The van der Waals surface area contributed by atoms with Crippen LogP contribution < -0.4 is 0 Å². The second-order valence-electron chi connectivity index (χ2n) is 12.1. The van der Waals surface area contributed by atoms with Gasteiger partial charge in [-0.15, -0.1) is 77.4 Å². The Balaban J connectivity index is 0.00000417. The van der Waals surface area contributed by atoms with Crippen molar-refractivity contribution in [1.29, 1.82) is 0 Å². The molecule has 243 valence electrons. The third-order valence-corrected chi connectivity index (χ3v) is 8.63. The molecule has 3 nitrogen and oxygen atoms in total. The number of hydrogen-bond acceptors (Lipinski definition) is 3. The van der Waals surface area contributed by atoms with E-state index in [2.05, 4.69) is 89.9 Å². The first-order chi connectivity index (χ1) is 23.7. The molecule has 0 aliphatic heterocycles. The van der Waals surface area contributed by atoms with E-state index in [0.717, 1.165) is 72.2 Å². The average molecular weight is 810 g/mol. The molecule has 0 aliphatic rings. The van der Waals surface area contributed by atoms with E-state index in [1.165, 1.54) is 33.4 Å². The molecule has 0 bridgehead atoms. The number of pyridine rings is 3. The van der Waals surface area contributed by atoms with Gasteiger partial charge in [0.05, 0.1) is 0 Å². The minimum atomic E-state index is 0. The largest absolute Gasteiger partial charge is 0.304 e. The molecule has 7 aromatic rings.